The van der Waals surface area contributed by atoms with Gasteiger partial charge in [0.1, 0.15) is 0 Å². The highest BCUT2D eigenvalue weighted by Crippen LogP contribution is 2.21. The van der Waals surface area contributed by atoms with Crippen molar-refractivity contribution in [3.05, 3.63) is 18.5 Å². The van der Waals surface area contributed by atoms with Crippen LogP contribution in [0.15, 0.2) is 23.4 Å². The van der Waals surface area contributed by atoms with Crippen molar-refractivity contribution in [3.8, 4) is 0 Å². The van der Waals surface area contributed by atoms with Crippen molar-refractivity contribution in [2.45, 2.75) is 30.3 Å². The number of nitrogens with two attached hydrogens (primary N) is 1. The number of nitrogens with zero attached hydrogens (tertiary/aromatic N) is 1. The molecule has 1 aromatic heterocycles. The number of hydrogen-bond acceptors (Lipinski definition) is 5. The molecule has 17 heavy (non-hydrogen) atoms. The van der Waals surface area contributed by atoms with Gasteiger partial charge in [0, 0.05) is 12.8 Å². The Balaban J connectivity index is 2.06. The molecule has 0 aliphatic carbocycles. The second kappa shape index (κ2) is 5.01. The zero-order valence-corrected chi connectivity index (χ0v) is 10.3. The van der Waals surface area contributed by atoms with E-state index in [0.717, 1.165) is 19.4 Å². The Morgan fingerprint density at radius 3 is 3.00 bits per heavy atom. The van der Waals surface area contributed by atoms with Gasteiger partial charge in [0.25, 0.3) is 0 Å². The molecule has 1 atom stereocenters. The third-order valence-corrected chi connectivity index (χ3v) is 4.69. The SMILES string of the molecule is Nc1cnccc1S(=O)(=O)CCC1CCCO1. The van der Waals surface area contributed by atoms with Gasteiger partial charge in [-0.15, -0.1) is 0 Å². The van der Waals surface area contributed by atoms with Crippen LogP contribution in [-0.2, 0) is 14.6 Å². The minimum atomic E-state index is -3.32. The fourth-order valence-corrected chi connectivity index (χ4v) is 3.42. The molecular formula is C11H16N2O3S. The van der Waals surface area contributed by atoms with Gasteiger partial charge in [-0.05, 0) is 25.3 Å². The molecule has 0 aromatic carbocycles. The minimum Gasteiger partial charge on any atom is -0.396 e. The van der Waals surface area contributed by atoms with Crippen LogP contribution >= 0.6 is 0 Å². The number of hydrogen-bond donors (Lipinski definition) is 1. The van der Waals surface area contributed by atoms with E-state index < -0.39 is 9.84 Å². The van der Waals surface area contributed by atoms with E-state index >= 15 is 0 Å². The lowest BCUT2D eigenvalue weighted by Crippen LogP contribution is -2.15. The maximum Gasteiger partial charge on any atom is 0.180 e. The summed E-state index contributed by atoms with van der Waals surface area (Å²) in [5, 5.41) is 0. The van der Waals surface area contributed by atoms with Gasteiger partial charge in [-0.2, -0.15) is 0 Å². The molecule has 1 unspecified atom stereocenters. The van der Waals surface area contributed by atoms with Gasteiger partial charge in [0.05, 0.1) is 28.6 Å². The summed E-state index contributed by atoms with van der Waals surface area (Å²) in [5.74, 6) is 0.0753. The van der Waals surface area contributed by atoms with Crippen molar-refractivity contribution in [1.29, 1.82) is 0 Å². The zero-order chi connectivity index (χ0) is 12.3. The molecule has 1 fully saturated rings. The van der Waals surface area contributed by atoms with Crippen molar-refractivity contribution in [2.24, 2.45) is 0 Å². The molecule has 0 bridgehead atoms. The van der Waals surface area contributed by atoms with E-state index in [1.165, 1.54) is 18.5 Å². The molecule has 1 aliphatic heterocycles. The van der Waals surface area contributed by atoms with E-state index in [4.69, 9.17) is 10.5 Å². The highest BCUT2D eigenvalue weighted by Gasteiger charge is 2.22. The lowest BCUT2D eigenvalue weighted by Gasteiger charge is -2.10. The van der Waals surface area contributed by atoms with Gasteiger partial charge in [0.15, 0.2) is 9.84 Å². The number of rotatable bonds is 4. The van der Waals surface area contributed by atoms with Crippen LogP contribution in [0.1, 0.15) is 19.3 Å². The first-order chi connectivity index (χ1) is 8.09. The number of pyridine rings is 1. The molecule has 6 heteroatoms. The van der Waals surface area contributed by atoms with Crippen LogP contribution in [0.25, 0.3) is 0 Å². The Morgan fingerprint density at radius 2 is 2.35 bits per heavy atom. The summed E-state index contributed by atoms with van der Waals surface area (Å²) in [6.45, 7) is 0.738. The summed E-state index contributed by atoms with van der Waals surface area (Å²) in [4.78, 5) is 3.95. The van der Waals surface area contributed by atoms with E-state index in [1.54, 1.807) is 0 Å². The Morgan fingerprint density at radius 1 is 1.53 bits per heavy atom. The smallest absolute Gasteiger partial charge is 0.180 e. The molecule has 94 valence electrons. The highest BCUT2D eigenvalue weighted by atomic mass is 32.2. The molecular weight excluding hydrogens is 240 g/mol. The van der Waals surface area contributed by atoms with Crippen LogP contribution in [0, 0.1) is 0 Å². The number of ether oxygens (including phenoxy) is 1. The van der Waals surface area contributed by atoms with E-state index in [1.807, 2.05) is 0 Å². The molecule has 1 aromatic rings. The molecule has 1 aliphatic rings. The normalized spacial score (nSPS) is 20.6. The van der Waals surface area contributed by atoms with Crippen LogP contribution in [0.2, 0.25) is 0 Å². The minimum absolute atomic E-state index is 0.0753. The average molecular weight is 256 g/mol. The fourth-order valence-electron chi connectivity index (χ4n) is 1.95. The third-order valence-electron chi connectivity index (χ3n) is 2.88. The number of aromatic nitrogens is 1. The molecule has 2 heterocycles. The first-order valence-corrected chi connectivity index (χ1v) is 7.29. The molecule has 0 amide bonds. The first kappa shape index (κ1) is 12.3. The topological polar surface area (TPSA) is 82.3 Å². The summed E-state index contributed by atoms with van der Waals surface area (Å²) < 4.78 is 29.5. The maximum absolute atomic E-state index is 12.0. The lowest BCUT2D eigenvalue weighted by atomic mass is 10.2. The Bertz CT molecular complexity index is 481. The Kier molecular flexibility index (Phi) is 3.63. The van der Waals surface area contributed by atoms with Gasteiger partial charge in [0.2, 0.25) is 0 Å². The van der Waals surface area contributed by atoms with E-state index in [9.17, 15) is 8.42 Å². The van der Waals surface area contributed by atoms with Crippen LogP contribution in [0.3, 0.4) is 0 Å². The summed E-state index contributed by atoms with van der Waals surface area (Å²) in [5.41, 5.74) is 5.83. The summed E-state index contributed by atoms with van der Waals surface area (Å²) in [7, 11) is -3.32. The second-order valence-electron chi connectivity index (χ2n) is 4.16. The van der Waals surface area contributed by atoms with Crippen LogP contribution in [0.4, 0.5) is 5.69 Å². The van der Waals surface area contributed by atoms with Gasteiger partial charge in [-0.25, -0.2) is 8.42 Å². The number of nitrogen functional groups attached to an aromatic ring is 1. The Hall–Kier alpha value is -1.14. The highest BCUT2D eigenvalue weighted by molar-refractivity contribution is 7.91. The maximum atomic E-state index is 12.0. The first-order valence-electron chi connectivity index (χ1n) is 5.63. The number of anilines is 1. The van der Waals surface area contributed by atoms with Crippen molar-refractivity contribution in [2.75, 3.05) is 18.1 Å². The predicted molar refractivity (Wildman–Crippen MR) is 64.3 cm³/mol. The van der Waals surface area contributed by atoms with Crippen LogP contribution in [0.5, 0.6) is 0 Å². The largest absolute Gasteiger partial charge is 0.396 e. The summed E-state index contributed by atoms with van der Waals surface area (Å²) in [6.07, 6.45) is 5.37. The standard InChI is InChI=1S/C11H16N2O3S/c12-10-8-13-5-3-11(10)17(14,15)7-4-9-2-1-6-16-9/h3,5,8-9H,1-2,4,6-7,12H2. The van der Waals surface area contributed by atoms with Crippen LogP contribution in [-0.4, -0.2) is 31.9 Å². The lowest BCUT2D eigenvalue weighted by molar-refractivity contribution is 0.109. The van der Waals surface area contributed by atoms with Crippen molar-refractivity contribution >= 4 is 15.5 Å². The quantitative estimate of drug-likeness (QED) is 0.869. The summed E-state index contributed by atoms with van der Waals surface area (Å²) >= 11 is 0. The van der Waals surface area contributed by atoms with Gasteiger partial charge in [-0.1, -0.05) is 0 Å². The third kappa shape index (κ3) is 2.95. The zero-order valence-electron chi connectivity index (χ0n) is 9.50. The van der Waals surface area contributed by atoms with Crippen molar-refractivity contribution in [3.63, 3.8) is 0 Å². The summed E-state index contributed by atoms with van der Waals surface area (Å²) in [6, 6.07) is 1.44. The molecule has 0 spiro atoms. The van der Waals surface area contributed by atoms with Crippen molar-refractivity contribution < 1.29 is 13.2 Å². The molecule has 1 saturated heterocycles. The van der Waals surface area contributed by atoms with E-state index in [-0.39, 0.29) is 22.4 Å². The van der Waals surface area contributed by atoms with Gasteiger partial charge >= 0.3 is 0 Å². The van der Waals surface area contributed by atoms with E-state index in [2.05, 4.69) is 4.98 Å². The predicted octanol–water partition coefficient (Wildman–Crippen LogP) is 1.01. The molecule has 0 radical (unpaired) electrons. The average Bonchev–Trinajstić information content (AvgIpc) is 2.80. The monoisotopic (exact) mass is 256 g/mol. The van der Waals surface area contributed by atoms with Crippen LogP contribution < -0.4 is 5.73 Å². The fraction of sp³-hybridized carbons (Fsp3) is 0.545. The van der Waals surface area contributed by atoms with Crippen molar-refractivity contribution in [1.82, 2.24) is 4.98 Å². The second-order valence-corrected chi connectivity index (χ2v) is 6.23. The molecule has 2 rings (SSSR count). The number of sulfone groups is 1. The molecule has 2 N–H and O–H groups in total. The van der Waals surface area contributed by atoms with Gasteiger partial charge in [-0.3, -0.25) is 4.98 Å². The van der Waals surface area contributed by atoms with Gasteiger partial charge < -0.3 is 10.5 Å². The van der Waals surface area contributed by atoms with E-state index in [0.29, 0.717) is 6.42 Å². The molecule has 0 saturated carbocycles. The Labute approximate surface area is 101 Å². The molecule has 5 nitrogen and oxygen atoms in total.